The molecule has 1 saturated carbocycles. The Hall–Kier alpha value is -0.0500. The van der Waals surface area contributed by atoms with Gasteiger partial charge in [-0.05, 0) is 24.7 Å². The molecule has 3 heteroatoms. The van der Waals surface area contributed by atoms with Crippen LogP contribution in [-0.2, 0) is 9.84 Å². The van der Waals surface area contributed by atoms with Gasteiger partial charge in [-0.25, -0.2) is 8.42 Å². The molecule has 1 rings (SSSR count). The molecule has 1 atom stereocenters. The second kappa shape index (κ2) is 3.13. The molecular weight excluding hydrogens is 160 g/mol. The van der Waals surface area contributed by atoms with E-state index >= 15 is 0 Å². The summed E-state index contributed by atoms with van der Waals surface area (Å²) in [6, 6.07) is 0. The van der Waals surface area contributed by atoms with Gasteiger partial charge < -0.3 is 0 Å². The molecule has 0 bridgehead atoms. The first-order chi connectivity index (χ1) is 5.03. The average Bonchev–Trinajstić information content (AvgIpc) is 2.61. The molecule has 0 heterocycles. The Morgan fingerprint density at radius 3 is 2.27 bits per heavy atom. The molecule has 0 unspecified atom stereocenters. The Morgan fingerprint density at radius 2 is 2.00 bits per heavy atom. The van der Waals surface area contributed by atoms with Crippen LogP contribution in [0.3, 0.4) is 0 Å². The predicted molar refractivity (Wildman–Crippen MR) is 46.2 cm³/mol. The van der Waals surface area contributed by atoms with Crippen molar-refractivity contribution in [2.75, 3.05) is 12.0 Å². The number of hydrogen-bond donors (Lipinski definition) is 0. The second-order valence-corrected chi connectivity index (χ2v) is 5.78. The van der Waals surface area contributed by atoms with Gasteiger partial charge in [0, 0.05) is 6.26 Å². The van der Waals surface area contributed by atoms with Crippen LogP contribution in [0.25, 0.3) is 0 Å². The smallest absolute Gasteiger partial charge is 0.147 e. The van der Waals surface area contributed by atoms with Gasteiger partial charge in [0.25, 0.3) is 0 Å². The number of sulfone groups is 1. The van der Waals surface area contributed by atoms with E-state index in [1.165, 1.54) is 19.1 Å². The fourth-order valence-corrected chi connectivity index (χ4v) is 2.83. The molecule has 0 N–H and O–H groups in total. The van der Waals surface area contributed by atoms with Gasteiger partial charge in [-0.3, -0.25) is 0 Å². The molecule has 2 nitrogen and oxygen atoms in total. The maximum atomic E-state index is 10.9. The predicted octanol–water partition coefficient (Wildman–Crippen LogP) is 1.47. The van der Waals surface area contributed by atoms with Gasteiger partial charge >= 0.3 is 0 Å². The number of rotatable bonds is 4. The third-order valence-corrected chi connectivity index (χ3v) is 3.36. The summed E-state index contributed by atoms with van der Waals surface area (Å²) < 4.78 is 21.9. The van der Waals surface area contributed by atoms with Gasteiger partial charge in [-0.1, -0.05) is 13.3 Å². The Labute approximate surface area is 68.9 Å². The molecule has 0 aliphatic heterocycles. The zero-order chi connectivity index (χ0) is 8.48. The molecule has 0 spiro atoms. The van der Waals surface area contributed by atoms with E-state index in [0.29, 0.717) is 11.7 Å². The summed E-state index contributed by atoms with van der Waals surface area (Å²) >= 11 is 0. The standard InChI is InChI=1S/C8H16O2S/c1-3-7(8-4-5-8)6-11(2,9)10/h7-8H,3-6H2,1-2H3/t7-/m1/s1. The van der Waals surface area contributed by atoms with E-state index in [0.717, 1.165) is 12.3 Å². The molecule has 0 aromatic rings. The van der Waals surface area contributed by atoms with Crippen molar-refractivity contribution in [2.24, 2.45) is 11.8 Å². The first-order valence-corrected chi connectivity index (χ1v) is 6.26. The molecule has 0 aromatic carbocycles. The highest BCUT2D eigenvalue weighted by Gasteiger charge is 2.31. The largest absolute Gasteiger partial charge is 0.229 e. The van der Waals surface area contributed by atoms with Gasteiger partial charge in [0.1, 0.15) is 9.84 Å². The summed E-state index contributed by atoms with van der Waals surface area (Å²) in [4.78, 5) is 0. The van der Waals surface area contributed by atoms with Gasteiger partial charge in [-0.2, -0.15) is 0 Å². The third kappa shape index (κ3) is 3.23. The maximum absolute atomic E-state index is 10.9. The van der Waals surface area contributed by atoms with Crippen LogP contribution in [0.5, 0.6) is 0 Å². The van der Waals surface area contributed by atoms with E-state index in [1.54, 1.807) is 0 Å². The van der Waals surface area contributed by atoms with Crippen molar-refractivity contribution in [3.8, 4) is 0 Å². The van der Waals surface area contributed by atoms with E-state index in [-0.39, 0.29) is 0 Å². The van der Waals surface area contributed by atoms with Crippen molar-refractivity contribution >= 4 is 9.84 Å². The Morgan fingerprint density at radius 1 is 1.45 bits per heavy atom. The monoisotopic (exact) mass is 176 g/mol. The third-order valence-electron chi connectivity index (χ3n) is 2.33. The summed E-state index contributed by atoms with van der Waals surface area (Å²) in [5, 5.41) is 0. The van der Waals surface area contributed by atoms with Crippen LogP contribution in [-0.4, -0.2) is 20.4 Å². The lowest BCUT2D eigenvalue weighted by atomic mass is 10.0. The van der Waals surface area contributed by atoms with Gasteiger partial charge in [0.2, 0.25) is 0 Å². The average molecular weight is 176 g/mol. The van der Waals surface area contributed by atoms with Crippen molar-refractivity contribution in [2.45, 2.75) is 26.2 Å². The highest BCUT2D eigenvalue weighted by molar-refractivity contribution is 7.90. The first kappa shape index (κ1) is 9.04. The van der Waals surface area contributed by atoms with Crippen molar-refractivity contribution in [1.29, 1.82) is 0 Å². The number of hydrogen-bond acceptors (Lipinski definition) is 2. The van der Waals surface area contributed by atoms with Crippen LogP contribution < -0.4 is 0 Å². The highest BCUT2D eigenvalue weighted by atomic mass is 32.2. The fraction of sp³-hybridized carbons (Fsp3) is 1.00. The molecule has 1 aliphatic rings. The topological polar surface area (TPSA) is 34.1 Å². The molecule has 0 aromatic heterocycles. The van der Waals surface area contributed by atoms with Crippen LogP contribution in [0.4, 0.5) is 0 Å². The molecular formula is C8H16O2S. The molecule has 1 fully saturated rings. The van der Waals surface area contributed by atoms with Crippen molar-refractivity contribution < 1.29 is 8.42 Å². The summed E-state index contributed by atoms with van der Waals surface area (Å²) in [6.45, 7) is 2.08. The highest BCUT2D eigenvalue weighted by Crippen LogP contribution is 2.38. The minimum atomic E-state index is -2.74. The van der Waals surface area contributed by atoms with Crippen molar-refractivity contribution in [3.63, 3.8) is 0 Å². The summed E-state index contributed by atoms with van der Waals surface area (Å²) in [6.07, 6.45) is 4.83. The minimum absolute atomic E-state index is 0.397. The lowest BCUT2D eigenvalue weighted by Crippen LogP contribution is -2.15. The van der Waals surface area contributed by atoms with Crippen molar-refractivity contribution in [3.05, 3.63) is 0 Å². The van der Waals surface area contributed by atoms with E-state index in [4.69, 9.17) is 0 Å². The van der Waals surface area contributed by atoms with Crippen LogP contribution >= 0.6 is 0 Å². The zero-order valence-corrected chi connectivity index (χ0v) is 8.02. The Balaban J connectivity index is 2.43. The van der Waals surface area contributed by atoms with E-state index in [2.05, 4.69) is 6.92 Å². The van der Waals surface area contributed by atoms with E-state index < -0.39 is 9.84 Å². The Bertz CT molecular complexity index is 214. The molecule has 0 saturated heterocycles. The van der Waals surface area contributed by atoms with Gasteiger partial charge in [0.15, 0.2) is 0 Å². The molecule has 1 aliphatic carbocycles. The van der Waals surface area contributed by atoms with Crippen LogP contribution in [0.15, 0.2) is 0 Å². The Kier molecular flexibility index (Phi) is 2.58. The second-order valence-electron chi connectivity index (χ2n) is 3.60. The normalized spacial score (nSPS) is 21.6. The minimum Gasteiger partial charge on any atom is -0.229 e. The first-order valence-electron chi connectivity index (χ1n) is 4.20. The lowest BCUT2D eigenvalue weighted by molar-refractivity contribution is 0.485. The van der Waals surface area contributed by atoms with Crippen molar-refractivity contribution in [1.82, 2.24) is 0 Å². The zero-order valence-electron chi connectivity index (χ0n) is 7.21. The quantitative estimate of drug-likeness (QED) is 0.650. The fourth-order valence-electron chi connectivity index (χ4n) is 1.54. The molecule has 11 heavy (non-hydrogen) atoms. The van der Waals surface area contributed by atoms with Gasteiger partial charge in [-0.15, -0.1) is 0 Å². The molecule has 0 amide bonds. The summed E-state index contributed by atoms with van der Waals surface area (Å²) in [5.41, 5.74) is 0. The van der Waals surface area contributed by atoms with Gasteiger partial charge in [0.05, 0.1) is 5.75 Å². The van der Waals surface area contributed by atoms with Crippen LogP contribution in [0.1, 0.15) is 26.2 Å². The molecule has 66 valence electrons. The van der Waals surface area contributed by atoms with E-state index in [9.17, 15) is 8.42 Å². The van der Waals surface area contributed by atoms with E-state index in [1.807, 2.05) is 0 Å². The van der Waals surface area contributed by atoms with Crippen LogP contribution in [0.2, 0.25) is 0 Å². The molecule has 0 radical (unpaired) electrons. The summed E-state index contributed by atoms with van der Waals surface area (Å²) in [5.74, 6) is 1.55. The van der Waals surface area contributed by atoms with Crippen LogP contribution in [0, 0.1) is 11.8 Å². The lowest BCUT2D eigenvalue weighted by Gasteiger charge is -2.10. The SMILES string of the molecule is CC[C@H](CS(C)(=O)=O)C1CC1. The maximum Gasteiger partial charge on any atom is 0.147 e. The summed E-state index contributed by atoms with van der Waals surface area (Å²) in [7, 11) is -2.74.